The number of esters is 1. The molecule has 9 heteroatoms. The number of likely N-dealkylation sites (tertiary alicyclic amines) is 1. The number of amides is 2. The van der Waals surface area contributed by atoms with E-state index in [0.717, 1.165) is 11.3 Å². The Labute approximate surface area is 209 Å². The number of hydrogen-bond acceptors (Lipinski definition) is 6. The minimum Gasteiger partial charge on any atom is -0.497 e. The van der Waals surface area contributed by atoms with Gasteiger partial charge in [-0.3, -0.25) is 19.3 Å². The van der Waals surface area contributed by atoms with Crippen molar-refractivity contribution >= 4 is 55.4 Å². The van der Waals surface area contributed by atoms with Crippen LogP contribution in [-0.4, -0.2) is 57.9 Å². The lowest BCUT2D eigenvalue weighted by Crippen LogP contribution is -2.48. The lowest BCUT2D eigenvalue weighted by atomic mass is 9.81. The molecule has 33 heavy (non-hydrogen) atoms. The predicted octanol–water partition coefficient (Wildman–Crippen LogP) is 3.61. The number of alkyl halides is 2. The zero-order valence-corrected chi connectivity index (χ0v) is 21.9. The topological polar surface area (TPSA) is 90.0 Å². The number of imide groups is 1. The molecular formula is C24H27Br2NO6. The fourth-order valence-electron chi connectivity index (χ4n) is 5.53. The van der Waals surface area contributed by atoms with Crippen molar-refractivity contribution in [1.29, 1.82) is 0 Å². The molecule has 1 saturated heterocycles. The molecule has 2 bridgehead atoms. The van der Waals surface area contributed by atoms with Crippen molar-refractivity contribution in [3.63, 3.8) is 0 Å². The third kappa shape index (κ3) is 4.27. The number of carbonyl (C=O) groups is 4. The number of methoxy groups -OCH3 is 1. The normalized spacial score (nSPS) is 31.2. The summed E-state index contributed by atoms with van der Waals surface area (Å²) in [5, 5.41) is 0. The molecule has 1 aliphatic heterocycles. The highest BCUT2D eigenvalue weighted by molar-refractivity contribution is 9.12. The first kappa shape index (κ1) is 24.4. The van der Waals surface area contributed by atoms with Gasteiger partial charge in [-0.05, 0) is 54.9 Å². The van der Waals surface area contributed by atoms with E-state index >= 15 is 0 Å². The first-order chi connectivity index (χ1) is 15.6. The summed E-state index contributed by atoms with van der Waals surface area (Å²) in [6.07, 6.45) is 1.11. The Hall–Kier alpha value is -1.74. The maximum atomic E-state index is 13.4. The van der Waals surface area contributed by atoms with E-state index in [2.05, 4.69) is 31.9 Å². The van der Waals surface area contributed by atoms with Gasteiger partial charge in [0.25, 0.3) is 0 Å². The molecule has 0 spiro atoms. The summed E-state index contributed by atoms with van der Waals surface area (Å²) >= 11 is 7.35. The highest BCUT2D eigenvalue weighted by atomic mass is 79.9. The molecule has 7 nitrogen and oxygen atoms in total. The van der Waals surface area contributed by atoms with E-state index in [1.807, 2.05) is 13.8 Å². The number of hydrogen-bond donors (Lipinski definition) is 0. The van der Waals surface area contributed by atoms with Crippen LogP contribution in [-0.2, 0) is 19.1 Å². The molecular weight excluding hydrogens is 558 g/mol. The predicted molar refractivity (Wildman–Crippen MR) is 127 cm³/mol. The fourth-order valence-corrected chi connectivity index (χ4v) is 7.40. The van der Waals surface area contributed by atoms with Crippen LogP contribution in [0.1, 0.15) is 37.0 Å². The van der Waals surface area contributed by atoms with E-state index in [0.29, 0.717) is 11.3 Å². The van der Waals surface area contributed by atoms with Crippen LogP contribution in [0.15, 0.2) is 24.3 Å². The smallest absolute Gasteiger partial charge is 0.329 e. The SMILES string of the molecule is COc1ccc(C(=O)COC(=O)[C@H](CC(C)C)N2C(=O)[C@H]3[C@@H]4C[C@H]([C@@H](Br)[C@H]4Br)[C@@H]3C2=O)cc1. The van der Waals surface area contributed by atoms with E-state index in [9.17, 15) is 19.2 Å². The third-order valence-corrected chi connectivity index (χ3v) is 10.3. The molecule has 2 aliphatic carbocycles. The van der Waals surface area contributed by atoms with Crippen LogP contribution in [0.5, 0.6) is 5.75 Å². The van der Waals surface area contributed by atoms with E-state index in [1.165, 1.54) is 7.11 Å². The van der Waals surface area contributed by atoms with Crippen molar-refractivity contribution < 1.29 is 28.7 Å². The van der Waals surface area contributed by atoms with Gasteiger partial charge in [0.1, 0.15) is 11.8 Å². The summed E-state index contributed by atoms with van der Waals surface area (Å²) in [5.74, 6) is -1.66. The molecule has 4 rings (SSSR count). The highest BCUT2D eigenvalue weighted by Gasteiger charge is 2.67. The maximum Gasteiger partial charge on any atom is 0.329 e. The molecule has 0 N–H and O–H groups in total. The highest BCUT2D eigenvalue weighted by Crippen LogP contribution is 2.60. The summed E-state index contributed by atoms with van der Waals surface area (Å²) < 4.78 is 10.4. The Bertz CT molecular complexity index is 932. The number of carbonyl (C=O) groups excluding carboxylic acids is 4. The molecule has 7 atom stereocenters. The molecule has 3 aliphatic rings. The number of fused-ring (bicyclic) bond motifs is 5. The Morgan fingerprint density at radius 3 is 2.06 bits per heavy atom. The Morgan fingerprint density at radius 2 is 1.58 bits per heavy atom. The molecule has 1 heterocycles. The number of rotatable bonds is 8. The largest absolute Gasteiger partial charge is 0.497 e. The van der Waals surface area contributed by atoms with Crippen LogP contribution in [0.2, 0.25) is 0 Å². The molecule has 2 saturated carbocycles. The lowest BCUT2D eigenvalue weighted by Gasteiger charge is -2.28. The molecule has 0 aromatic heterocycles. The van der Waals surface area contributed by atoms with Gasteiger partial charge in [0.05, 0.1) is 18.9 Å². The van der Waals surface area contributed by atoms with Crippen LogP contribution in [0.25, 0.3) is 0 Å². The molecule has 3 fully saturated rings. The maximum absolute atomic E-state index is 13.4. The van der Waals surface area contributed by atoms with Crippen LogP contribution in [0, 0.1) is 29.6 Å². The number of nitrogens with zero attached hydrogens (tertiary/aromatic N) is 1. The van der Waals surface area contributed by atoms with Crippen molar-refractivity contribution in [1.82, 2.24) is 4.90 Å². The standard InChI is InChI=1S/C24H27Br2NO6/c1-11(2)8-16(24(31)33-10-17(28)12-4-6-13(32-3)7-5-12)27-22(29)18-14-9-15(19(18)23(27)30)21(26)20(14)25/h4-7,11,14-16,18-21H,8-10H2,1-3H3/t14-,15-,16-,18-,19-,20-,21+/m0/s1. The number of ether oxygens (including phenoxy) is 2. The second kappa shape index (κ2) is 9.49. The lowest BCUT2D eigenvalue weighted by molar-refractivity contribution is -0.159. The second-order valence-electron chi connectivity index (χ2n) is 9.46. The summed E-state index contributed by atoms with van der Waals surface area (Å²) in [4.78, 5) is 53.7. The number of halogens is 2. The summed E-state index contributed by atoms with van der Waals surface area (Å²) in [5.41, 5.74) is 0.384. The van der Waals surface area contributed by atoms with E-state index in [1.54, 1.807) is 24.3 Å². The second-order valence-corrected chi connectivity index (χ2v) is 11.6. The van der Waals surface area contributed by atoms with E-state index < -0.39 is 30.5 Å². The molecule has 1 aromatic carbocycles. The summed E-state index contributed by atoms with van der Waals surface area (Å²) in [7, 11) is 1.53. The average Bonchev–Trinajstić information content (AvgIpc) is 3.40. The van der Waals surface area contributed by atoms with Crippen molar-refractivity contribution in [3.05, 3.63) is 29.8 Å². The first-order valence-corrected chi connectivity index (χ1v) is 13.0. The van der Waals surface area contributed by atoms with Crippen molar-refractivity contribution in [3.8, 4) is 5.75 Å². The van der Waals surface area contributed by atoms with Gasteiger partial charge in [-0.25, -0.2) is 4.79 Å². The first-order valence-electron chi connectivity index (χ1n) is 11.1. The Kier molecular flexibility index (Phi) is 7.01. The van der Waals surface area contributed by atoms with Gasteiger partial charge in [0, 0.05) is 15.2 Å². The summed E-state index contributed by atoms with van der Waals surface area (Å²) in [6.45, 7) is 3.38. The minimum atomic E-state index is -1.03. The van der Waals surface area contributed by atoms with Crippen LogP contribution < -0.4 is 4.74 Å². The van der Waals surface area contributed by atoms with Gasteiger partial charge in [0.2, 0.25) is 11.8 Å². The van der Waals surface area contributed by atoms with Crippen LogP contribution >= 0.6 is 31.9 Å². The molecule has 2 amide bonds. The monoisotopic (exact) mass is 583 g/mol. The fraction of sp³-hybridized carbons (Fsp3) is 0.583. The van der Waals surface area contributed by atoms with Crippen molar-refractivity contribution in [2.24, 2.45) is 29.6 Å². The Morgan fingerprint density at radius 1 is 1.03 bits per heavy atom. The zero-order valence-electron chi connectivity index (χ0n) is 18.7. The molecule has 0 unspecified atom stereocenters. The van der Waals surface area contributed by atoms with Crippen molar-refractivity contribution in [2.45, 2.75) is 42.4 Å². The van der Waals surface area contributed by atoms with Gasteiger partial charge < -0.3 is 9.47 Å². The number of ketones is 1. The average molecular weight is 585 g/mol. The molecule has 178 valence electrons. The third-order valence-electron chi connectivity index (χ3n) is 7.06. The quantitative estimate of drug-likeness (QED) is 0.201. The van der Waals surface area contributed by atoms with Crippen LogP contribution in [0.4, 0.5) is 0 Å². The number of Topliss-reactive ketones (excluding diaryl/α,β-unsaturated/α-hetero) is 1. The Balaban J connectivity index is 1.48. The minimum absolute atomic E-state index is 0.0467. The van der Waals surface area contributed by atoms with Gasteiger partial charge in [-0.2, -0.15) is 0 Å². The zero-order chi connectivity index (χ0) is 24.0. The van der Waals surface area contributed by atoms with Crippen molar-refractivity contribution in [2.75, 3.05) is 13.7 Å². The van der Waals surface area contributed by atoms with Gasteiger partial charge in [-0.15, -0.1) is 0 Å². The summed E-state index contributed by atoms with van der Waals surface area (Å²) in [6, 6.07) is 5.47. The van der Waals surface area contributed by atoms with E-state index in [-0.39, 0.29) is 51.4 Å². The van der Waals surface area contributed by atoms with Crippen LogP contribution in [0.3, 0.4) is 0 Å². The van der Waals surface area contributed by atoms with Gasteiger partial charge in [-0.1, -0.05) is 45.7 Å². The van der Waals surface area contributed by atoms with E-state index in [4.69, 9.17) is 9.47 Å². The van der Waals surface area contributed by atoms with Gasteiger partial charge in [0.15, 0.2) is 12.4 Å². The molecule has 1 aromatic rings. The molecule has 0 radical (unpaired) electrons. The van der Waals surface area contributed by atoms with Gasteiger partial charge >= 0.3 is 5.97 Å². The number of benzene rings is 1.